The first kappa shape index (κ1) is 20.9. The molecule has 1 saturated heterocycles. The third-order valence-corrected chi connectivity index (χ3v) is 4.54. The maximum Gasteiger partial charge on any atom is 0.235 e. The van der Waals surface area contributed by atoms with Crippen LogP contribution in [0.1, 0.15) is 91.9 Å². The number of unbranched alkanes of at least 4 members (excludes halogenated alkanes) is 6. The van der Waals surface area contributed by atoms with Crippen molar-refractivity contribution in [3.63, 3.8) is 0 Å². The molecule has 24 heavy (non-hydrogen) atoms. The standard InChI is InChI=1S/C18H36N4O2/c1-5-7-9-11-13-17-19-22(16(4)24)18(14-12-10-8-6-2)20-21(17)15(3)23/h17-20H,5-14H2,1-4H3. The van der Waals surface area contributed by atoms with E-state index in [9.17, 15) is 9.59 Å². The molecule has 140 valence electrons. The Hall–Kier alpha value is -1.14. The number of carbonyl (C=O) groups is 2. The van der Waals surface area contributed by atoms with Gasteiger partial charge in [0.05, 0.1) is 0 Å². The monoisotopic (exact) mass is 340 g/mol. The molecule has 2 atom stereocenters. The molecule has 0 aliphatic carbocycles. The predicted octanol–water partition coefficient (Wildman–Crippen LogP) is 3.30. The fourth-order valence-corrected chi connectivity index (χ4v) is 3.15. The molecule has 1 aliphatic heterocycles. The van der Waals surface area contributed by atoms with Gasteiger partial charge in [0.2, 0.25) is 11.8 Å². The van der Waals surface area contributed by atoms with Crippen LogP contribution in [0.5, 0.6) is 0 Å². The van der Waals surface area contributed by atoms with Crippen molar-refractivity contribution in [3.05, 3.63) is 0 Å². The van der Waals surface area contributed by atoms with Gasteiger partial charge in [0.25, 0.3) is 0 Å². The minimum Gasteiger partial charge on any atom is -0.274 e. The SMILES string of the molecule is CCCCCCC1NN(C(C)=O)C(CCCCCC)NN1C(C)=O. The predicted molar refractivity (Wildman–Crippen MR) is 96.4 cm³/mol. The van der Waals surface area contributed by atoms with Gasteiger partial charge in [-0.15, -0.1) is 0 Å². The lowest BCUT2D eigenvalue weighted by molar-refractivity contribution is -0.165. The summed E-state index contributed by atoms with van der Waals surface area (Å²) in [6.07, 6.45) is 10.6. The van der Waals surface area contributed by atoms with E-state index in [1.54, 1.807) is 23.9 Å². The second-order valence-corrected chi connectivity index (χ2v) is 6.77. The van der Waals surface area contributed by atoms with E-state index in [4.69, 9.17) is 0 Å². The molecule has 0 radical (unpaired) electrons. The Morgan fingerprint density at radius 3 is 1.38 bits per heavy atom. The fraction of sp³-hybridized carbons (Fsp3) is 0.889. The van der Waals surface area contributed by atoms with E-state index < -0.39 is 0 Å². The van der Waals surface area contributed by atoms with Crippen LogP contribution in [0.3, 0.4) is 0 Å². The van der Waals surface area contributed by atoms with Crippen LogP contribution in [-0.2, 0) is 9.59 Å². The summed E-state index contributed by atoms with van der Waals surface area (Å²) in [6, 6.07) is 0. The third kappa shape index (κ3) is 6.77. The molecule has 2 unspecified atom stereocenters. The van der Waals surface area contributed by atoms with Crippen molar-refractivity contribution >= 4 is 11.8 Å². The average molecular weight is 341 g/mol. The molecule has 1 rings (SSSR count). The Kier molecular flexibility index (Phi) is 9.95. The van der Waals surface area contributed by atoms with Gasteiger partial charge in [-0.2, -0.15) is 0 Å². The van der Waals surface area contributed by atoms with Crippen molar-refractivity contribution < 1.29 is 9.59 Å². The van der Waals surface area contributed by atoms with Crippen molar-refractivity contribution in [1.82, 2.24) is 20.9 Å². The topological polar surface area (TPSA) is 64.7 Å². The van der Waals surface area contributed by atoms with Gasteiger partial charge in [-0.3, -0.25) is 19.6 Å². The van der Waals surface area contributed by atoms with Crippen molar-refractivity contribution in [2.24, 2.45) is 0 Å². The highest BCUT2D eigenvalue weighted by molar-refractivity contribution is 5.75. The third-order valence-electron chi connectivity index (χ3n) is 4.54. The van der Waals surface area contributed by atoms with Gasteiger partial charge in [0, 0.05) is 13.8 Å². The summed E-state index contributed by atoms with van der Waals surface area (Å²) in [5, 5.41) is 3.35. The number of hydrogen-bond acceptors (Lipinski definition) is 4. The normalized spacial score (nSPS) is 21.2. The minimum atomic E-state index is -0.157. The van der Waals surface area contributed by atoms with Crippen molar-refractivity contribution in [1.29, 1.82) is 0 Å². The highest BCUT2D eigenvalue weighted by Crippen LogP contribution is 2.17. The van der Waals surface area contributed by atoms with E-state index in [1.165, 1.54) is 25.7 Å². The Bertz CT molecular complexity index is 353. The van der Waals surface area contributed by atoms with E-state index in [2.05, 4.69) is 24.7 Å². The number of hydrazine groups is 2. The second kappa shape index (κ2) is 11.4. The Morgan fingerprint density at radius 1 is 0.708 bits per heavy atom. The van der Waals surface area contributed by atoms with E-state index in [1.807, 2.05) is 0 Å². The van der Waals surface area contributed by atoms with E-state index in [0.29, 0.717) is 0 Å². The zero-order chi connectivity index (χ0) is 17.9. The molecule has 6 heteroatoms. The molecule has 0 aromatic rings. The molecule has 1 aliphatic rings. The average Bonchev–Trinajstić information content (AvgIpc) is 2.55. The summed E-state index contributed by atoms with van der Waals surface area (Å²) in [6.45, 7) is 7.52. The highest BCUT2D eigenvalue weighted by Gasteiger charge is 2.35. The first-order chi connectivity index (χ1) is 11.5. The van der Waals surface area contributed by atoms with Gasteiger partial charge in [-0.25, -0.2) is 10.9 Å². The second-order valence-electron chi connectivity index (χ2n) is 6.77. The van der Waals surface area contributed by atoms with Crippen LogP contribution in [0.15, 0.2) is 0 Å². The molecule has 0 bridgehead atoms. The first-order valence-electron chi connectivity index (χ1n) is 9.63. The molecule has 6 nitrogen and oxygen atoms in total. The van der Waals surface area contributed by atoms with Crippen LogP contribution >= 0.6 is 0 Å². The number of carbonyl (C=O) groups excluding carboxylic acids is 2. The van der Waals surface area contributed by atoms with Gasteiger partial charge in [0.1, 0.15) is 12.3 Å². The van der Waals surface area contributed by atoms with Crippen LogP contribution in [0.2, 0.25) is 0 Å². The largest absolute Gasteiger partial charge is 0.274 e. The van der Waals surface area contributed by atoms with Gasteiger partial charge < -0.3 is 0 Å². The number of rotatable bonds is 10. The molecular weight excluding hydrogens is 304 g/mol. The Labute approximate surface area is 147 Å². The van der Waals surface area contributed by atoms with E-state index in [-0.39, 0.29) is 24.1 Å². The van der Waals surface area contributed by atoms with Crippen LogP contribution in [0.4, 0.5) is 0 Å². The molecule has 1 heterocycles. The summed E-state index contributed by atoms with van der Waals surface area (Å²) in [7, 11) is 0. The number of hydrogen-bond donors (Lipinski definition) is 2. The maximum atomic E-state index is 12.0. The maximum absolute atomic E-state index is 12.0. The Morgan fingerprint density at radius 2 is 1.08 bits per heavy atom. The molecule has 0 spiro atoms. The lowest BCUT2D eigenvalue weighted by Crippen LogP contribution is -2.72. The fourth-order valence-electron chi connectivity index (χ4n) is 3.15. The summed E-state index contributed by atoms with van der Waals surface area (Å²) >= 11 is 0. The summed E-state index contributed by atoms with van der Waals surface area (Å²) < 4.78 is 0. The smallest absolute Gasteiger partial charge is 0.235 e. The number of amides is 2. The van der Waals surface area contributed by atoms with Gasteiger partial charge in [0.15, 0.2) is 0 Å². The molecule has 1 fully saturated rings. The van der Waals surface area contributed by atoms with Crippen LogP contribution in [0, 0.1) is 0 Å². The number of nitrogens with zero attached hydrogens (tertiary/aromatic N) is 2. The molecule has 0 saturated carbocycles. The first-order valence-corrected chi connectivity index (χ1v) is 9.63. The number of nitrogens with one attached hydrogen (secondary N) is 2. The Balaban J connectivity index is 2.65. The molecule has 2 N–H and O–H groups in total. The lowest BCUT2D eigenvalue weighted by atomic mass is 10.1. The van der Waals surface area contributed by atoms with Gasteiger partial charge in [-0.05, 0) is 25.7 Å². The highest BCUT2D eigenvalue weighted by atomic mass is 16.2. The molecule has 2 amide bonds. The van der Waals surface area contributed by atoms with E-state index in [0.717, 1.165) is 38.5 Å². The zero-order valence-corrected chi connectivity index (χ0v) is 15.9. The summed E-state index contributed by atoms with van der Waals surface area (Å²) in [5.74, 6) is -0.0190. The molecule has 0 aromatic heterocycles. The summed E-state index contributed by atoms with van der Waals surface area (Å²) in [4.78, 5) is 24.0. The lowest BCUT2D eigenvalue weighted by Gasteiger charge is -2.47. The molecular formula is C18H36N4O2. The van der Waals surface area contributed by atoms with Gasteiger partial charge >= 0.3 is 0 Å². The van der Waals surface area contributed by atoms with E-state index >= 15 is 0 Å². The van der Waals surface area contributed by atoms with Crippen LogP contribution in [0.25, 0.3) is 0 Å². The van der Waals surface area contributed by atoms with Crippen molar-refractivity contribution in [2.75, 3.05) is 0 Å². The van der Waals surface area contributed by atoms with Crippen LogP contribution in [-0.4, -0.2) is 34.2 Å². The summed E-state index contributed by atoms with van der Waals surface area (Å²) in [5.41, 5.74) is 6.56. The van der Waals surface area contributed by atoms with Gasteiger partial charge in [-0.1, -0.05) is 52.4 Å². The minimum absolute atomic E-state index is 0.00949. The quantitative estimate of drug-likeness (QED) is 0.599. The van der Waals surface area contributed by atoms with Crippen molar-refractivity contribution in [3.8, 4) is 0 Å². The van der Waals surface area contributed by atoms with Crippen molar-refractivity contribution in [2.45, 2.75) is 104 Å². The molecule has 0 aromatic carbocycles. The zero-order valence-electron chi connectivity index (χ0n) is 15.9. The van der Waals surface area contributed by atoms with Crippen LogP contribution < -0.4 is 10.9 Å².